The van der Waals surface area contributed by atoms with Gasteiger partial charge >= 0.3 is 11.9 Å². The predicted octanol–water partition coefficient (Wildman–Crippen LogP) is 4.62. The highest BCUT2D eigenvalue weighted by atomic mass is 19.4. The van der Waals surface area contributed by atoms with Gasteiger partial charge in [0.25, 0.3) is 0 Å². The summed E-state index contributed by atoms with van der Waals surface area (Å²) >= 11 is 0. The number of nitro groups is 1. The van der Waals surface area contributed by atoms with Gasteiger partial charge in [0.2, 0.25) is 5.75 Å². The van der Waals surface area contributed by atoms with Crippen LogP contribution in [0.4, 0.5) is 18.9 Å². The van der Waals surface area contributed by atoms with Gasteiger partial charge in [0, 0.05) is 11.6 Å². The van der Waals surface area contributed by atoms with Gasteiger partial charge in [-0.25, -0.2) is 0 Å². The molecule has 0 amide bonds. The summed E-state index contributed by atoms with van der Waals surface area (Å²) in [5.41, 5.74) is -1.68. The van der Waals surface area contributed by atoms with Crippen LogP contribution >= 0.6 is 0 Å². The maximum Gasteiger partial charge on any atom is 0.416 e. The Labute approximate surface area is 139 Å². The molecule has 0 aliphatic heterocycles. The molecule has 0 bridgehead atoms. The predicted molar refractivity (Wildman–Crippen MR) is 81.2 cm³/mol. The van der Waals surface area contributed by atoms with Crippen LogP contribution < -0.4 is 9.47 Å². The lowest BCUT2D eigenvalue weighted by atomic mass is 10.1. The Morgan fingerprint density at radius 1 is 1.08 bits per heavy atom. The summed E-state index contributed by atoms with van der Waals surface area (Å²) < 4.78 is 48.5. The summed E-state index contributed by atoms with van der Waals surface area (Å²) in [4.78, 5) is 21.5. The second kappa shape index (κ2) is 6.80. The molecule has 0 aliphatic rings. The zero-order valence-corrected chi connectivity index (χ0v) is 13.1. The van der Waals surface area contributed by atoms with Crippen molar-refractivity contribution in [2.75, 3.05) is 7.11 Å². The normalized spacial score (nSPS) is 11.1. The Kier molecular flexibility index (Phi) is 4.96. The highest BCUT2D eigenvalue weighted by Crippen LogP contribution is 2.40. The summed E-state index contributed by atoms with van der Waals surface area (Å²) in [6.07, 6.45) is -4.72. The minimum atomic E-state index is -4.72. The number of nitro benzene ring substituents is 1. The lowest BCUT2D eigenvalue weighted by molar-refractivity contribution is -0.385. The van der Waals surface area contributed by atoms with Crippen LogP contribution in [0.15, 0.2) is 36.4 Å². The largest absolute Gasteiger partial charge is 0.493 e. The van der Waals surface area contributed by atoms with Gasteiger partial charge in [-0.2, -0.15) is 13.2 Å². The fourth-order valence-corrected chi connectivity index (χ4v) is 2.01. The van der Waals surface area contributed by atoms with Crippen LogP contribution in [-0.2, 0) is 6.18 Å². The maximum atomic E-state index is 12.7. The summed E-state index contributed by atoms with van der Waals surface area (Å²) in [6, 6.07) is 6.06. The van der Waals surface area contributed by atoms with Gasteiger partial charge in [-0.3, -0.25) is 14.9 Å². The minimum Gasteiger partial charge on any atom is -0.493 e. The number of hydrogen-bond acceptors (Lipinski definition) is 5. The Bertz CT molecular complexity index is 833. The number of carbonyl (C=O) groups is 1. The molecule has 0 radical (unpaired) electrons. The number of hydrogen-bond donors (Lipinski definition) is 0. The molecule has 0 saturated carbocycles. The highest BCUT2D eigenvalue weighted by Gasteiger charge is 2.33. The molecule has 2 aromatic carbocycles. The van der Waals surface area contributed by atoms with Crippen LogP contribution in [0.5, 0.6) is 17.2 Å². The van der Waals surface area contributed by atoms with Gasteiger partial charge in [-0.1, -0.05) is 0 Å². The number of ether oxygens (including phenoxy) is 2. The van der Waals surface area contributed by atoms with Crippen molar-refractivity contribution in [3.05, 3.63) is 57.6 Å². The van der Waals surface area contributed by atoms with Crippen LogP contribution in [-0.4, -0.2) is 17.8 Å². The summed E-state index contributed by atoms with van der Waals surface area (Å²) in [5.74, 6) is -0.477. The number of rotatable bonds is 5. The Hall–Kier alpha value is -3.10. The van der Waals surface area contributed by atoms with E-state index in [9.17, 15) is 28.1 Å². The molecule has 0 atom stereocenters. The summed E-state index contributed by atoms with van der Waals surface area (Å²) in [6.45, 7) is 1.34. The van der Waals surface area contributed by atoms with Crippen molar-refractivity contribution in [1.29, 1.82) is 0 Å². The summed E-state index contributed by atoms with van der Waals surface area (Å²) in [5, 5.41) is 11.1. The smallest absolute Gasteiger partial charge is 0.416 e. The fourth-order valence-electron chi connectivity index (χ4n) is 2.01. The Morgan fingerprint density at radius 2 is 1.72 bits per heavy atom. The average molecular weight is 355 g/mol. The number of halogens is 3. The molecule has 0 heterocycles. The van der Waals surface area contributed by atoms with E-state index in [0.29, 0.717) is 17.7 Å². The van der Waals surface area contributed by atoms with Crippen LogP contribution in [0, 0.1) is 10.1 Å². The first-order chi connectivity index (χ1) is 11.6. The van der Waals surface area contributed by atoms with Crippen molar-refractivity contribution in [1.82, 2.24) is 0 Å². The zero-order chi connectivity index (χ0) is 18.8. The van der Waals surface area contributed by atoms with E-state index in [0.717, 1.165) is 6.07 Å². The van der Waals surface area contributed by atoms with Crippen LogP contribution in [0.3, 0.4) is 0 Å². The van der Waals surface area contributed by atoms with Crippen LogP contribution in [0.25, 0.3) is 0 Å². The number of ketones is 1. The van der Waals surface area contributed by atoms with Crippen molar-refractivity contribution in [2.45, 2.75) is 13.1 Å². The van der Waals surface area contributed by atoms with Gasteiger partial charge in [0.05, 0.1) is 17.6 Å². The number of carbonyl (C=O) groups excluding carboxylic acids is 1. The third-order valence-corrected chi connectivity index (χ3v) is 3.27. The molecule has 0 spiro atoms. The second-order valence-corrected chi connectivity index (χ2v) is 4.96. The molecule has 0 unspecified atom stereocenters. The lowest BCUT2D eigenvalue weighted by Gasteiger charge is -2.12. The first-order valence-electron chi connectivity index (χ1n) is 6.86. The first-order valence-corrected chi connectivity index (χ1v) is 6.86. The maximum absolute atomic E-state index is 12.7. The van der Waals surface area contributed by atoms with Gasteiger partial charge in [0.15, 0.2) is 17.3 Å². The molecule has 9 heteroatoms. The van der Waals surface area contributed by atoms with Crippen molar-refractivity contribution in [2.24, 2.45) is 0 Å². The number of benzene rings is 2. The van der Waals surface area contributed by atoms with Crippen molar-refractivity contribution in [3.8, 4) is 17.2 Å². The molecular formula is C16H12F3NO5. The van der Waals surface area contributed by atoms with Crippen molar-refractivity contribution < 1.29 is 32.4 Å². The molecule has 0 N–H and O–H groups in total. The molecule has 6 nitrogen and oxygen atoms in total. The molecule has 2 aromatic rings. The van der Waals surface area contributed by atoms with E-state index in [-0.39, 0.29) is 23.0 Å². The lowest BCUT2D eigenvalue weighted by Crippen LogP contribution is -2.06. The first kappa shape index (κ1) is 18.2. The van der Waals surface area contributed by atoms with Crippen LogP contribution in [0.1, 0.15) is 22.8 Å². The molecule has 25 heavy (non-hydrogen) atoms. The molecule has 0 aromatic heterocycles. The van der Waals surface area contributed by atoms with E-state index >= 15 is 0 Å². The molecule has 132 valence electrons. The third kappa shape index (κ3) is 4.06. The fraction of sp³-hybridized carbons (Fsp3) is 0.188. The minimum absolute atomic E-state index is 0.0235. The zero-order valence-electron chi connectivity index (χ0n) is 13.1. The number of methoxy groups -OCH3 is 1. The van der Waals surface area contributed by atoms with E-state index < -0.39 is 22.4 Å². The highest BCUT2D eigenvalue weighted by molar-refractivity contribution is 5.94. The van der Waals surface area contributed by atoms with E-state index in [1.807, 2.05) is 0 Å². The number of nitrogens with zero attached hydrogens (tertiary/aromatic N) is 1. The monoisotopic (exact) mass is 355 g/mol. The molecule has 0 fully saturated rings. The van der Waals surface area contributed by atoms with E-state index in [1.54, 1.807) is 0 Å². The molecule has 0 aliphatic carbocycles. The molecular weight excluding hydrogens is 343 g/mol. The average Bonchev–Trinajstić information content (AvgIpc) is 2.54. The number of alkyl halides is 3. The number of Topliss-reactive ketones (excluding diaryl/α,β-unsaturated/α-hetero) is 1. The second-order valence-electron chi connectivity index (χ2n) is 4.96. The Balaban J connectivity index is 2.46. The van der Waals surface area contributed by atoms with Gasteiger partial charge in [-0.05, 0) is 37.3 Å². The molecule has 0 saturated heterocycles. The standard InChI is InChI=1S/C16H12F3NO5/c1-9(21)10-3-5-14(15(7-10)24-2)25-13-6-4-11(16(17,18)19)8-12(13)20(22)23/h3-8H,1-2H3. The summed E-state index contributed by atoms with van der Waals surface area (Å²) in [7, 11) is 1.30. The van der Waals surface area contributed by atoms with E-state index in [4.69, 9.17) is 9.47 Å². The van der Waals surface area contributed by atoms with E-state index in [1.165, 1.54) is 32.2 Å². The Morgan fingerprint density at radius 3 is 2.24 bits per heavy atom. The van der Waals surface area contributed by atoms with Gasteiger partial charge in [0.1, 0.15) is 0 Å². The van der Waals surface area contributed by atoms with E-state index in [2.05, 4.69) is 0 Å². The van der Waals surface area contributed by atoms with Crippen LogP contribution in [0.2, 0.25) is 0 Å². The van der Waals surface area contributed by atoms with Gasteiger partial charge in [-0.15, -0.1) is 0 Å². The van der Waals surface area contributed by atoms with Crippen molar-refractivity contribution >= 4 is 11.5 Å². The van der Waals surface area contributed by atoms with Gasteiger partial charge < -0.3 is 9.47 Å². The quantitative estimate of drug-likeness (QED) is 0.444. The molecule has 2 rings (SSSR count). The van der Waals surface area contributed by atoms with Crippen molar-refractivity contribution in [3.63, 3.8) is 0 Å². The SMILES string of the molecule is COc1cc(C(C)=O)ccc1Oc1ccc(C(F)(F)F)cc1[N+](=O)[O-]. The topological polar surface area (TPSA) is 78.7 Å². The third-order valence-electron chi connectivity index (χ3n) is 3.27.